The van der Waals surface area contributed by atoms with E-state index in [1.807, 2.05) is 29.8 Å². The van der Waals surface area contributed by atoms with Crippen molar-refractivity contribution in [1.82, 2.24) is 9.78 Å². The van der Waals surface area contributed by atoms with Crippen molar-refractivity contribution in [1.29, 1.82) is 0 Å². The van der Waals surface area contributed by atoms with Crippen molar-refractivity contribution in [2.45, 2.75) is 13.5 Å². The van der Waals surface area contributed by atoms with Crippen molar-refractivity contribution in [3.63, 3.8) is 0 Å². The molecule has 0 spiro atoms. The van der Waals surface area contributed by atoms with E-state index in [9.17, 15) is 0 Å². The highest BCUT2D eigenvalue weighted by molar-refractivity contribution is 9.10. The van der Waals surface area contributed by atoms with Crippen LogP contribution >= 0.6 is 27.5 Å². The van der Waals surface area contributed by atoms with Crippen molar-refractivity contribution in [2.24, 2.45) is 0 Å². The summed E-state index contributed by atoms with van der Waals surface area (Å²) in [6.07, 6.45) is 0. The third-order valence-corrected chi connectivity index (χ3v) is 3.60. The smallest absolute Gasteiger partial charge is 0.107 e. The topological polar surface area (TPSA) is 17.8 Å². The molecule has 2 nitrogen and oxygen atoms in total. The van der Waals surface area contributed by atoms with Gasteiger partial charge in [0.2, 0.25) is 0 Å². The maximum Gasteiger partial charge on any atom is 0.107 e. The Hall–Kier alpha value is -0.800. The second-order valence-corrected chi connectivity index (χ2v) is 4.70. The van der Waals surface area contributed by atoms with Crippen LogP contribution in [0.1, 0.15) is 5.69 Å². The lowest BCUT2D eigenvalue weighted by Gasteiger charge is -1.99. The maximum absolute atomic E-state index is 5.74. The summed E-state index contributed by atoms with van der Waals surface area (Å²) < 4.78 is 2.98. The molecule has 0 atom stereocenters. The van der Waals surface area contributed by atoms with Crippen LogP contribution in [0.15, 0.2) is 34.8 Å². The van der Waals surface area contributed by atoms with Crippen LogP contribution in [-0.2, 0) is 6.54 Å². The molecule has 1 heterocycles. The van der Waals surface area contributed by atoms with Gasteiger partial charge in [0.1, 0.15) is 5.69 Å². The van der Waals surface area contributed by atoms with E-state index < -0.39 is 0 Å². The predicted octanol–water partition coefficient (Wildman–Crippen LogP) is 3.86. The van der Waals surface area contributed by atoms with Crippen LogP contribution in [0.4, 0.5) is 0 Å². The molecule has 0 saturated heterocycles. The lowest BCUT2D eigenvalue weighted by atomic mass is 10.1. The fourth-order valence-electron chi connectivity index (χ4n) is 1.60. The molecule has 0 aliphatic rings. The molecule has 0 bridgehead atoms. The first-order chi connectivity index (χ1) is 7.74. The van der Waals surface area contributed by atoms with Gasteiger partial charge < -0.3 is 0 Å². The van der Waals surface area contributed by atoms with Crippen LogP contribution in [0.25, 0.3) is 11.3 Å². The van der Waals surface area contributed by atoms with Crippen molar-refractivity contribution >= 4 is 27.5 Å². The van der Waals surface area contributed by atoms with Gasteiger partial charge >= 0.3 is 0 Å². The third-order valence-electron chi connectivity index (χ3n) is 2.48. The summed E-state index contributed by atoms with van der Waals surface area (Å²) in [6, 6.07) is 10.1. The molecule has 84 valence electrons. The lowest BCUT2D eigenvalue weighted by molar-refractivity contribution is 0.645. The molecule has 16 heavy (non-hydrogen) atoms. The van der Waals surface area contributed by atoms with Gasteiger partial charge in [-0.2, -0.15) is 5.10 Å². The number of rotatable bonds is 3. The first-order valence-electron chi connectivity index (χ1n) is 5.08. The van der Waals surface area contributed by atoms with Gasteiger partial charge in [0, 0.05) is 11.4 Å². The molecular weight excluding hydrogens is 288 g/mol. The molecule has 0 N–H and O–H groups in total. The molecule has 0 radical (unpaired) electrons. The molecule has 2 aromatic rings. The third kappa shape index (κ3) is 2.15. The van der Waals surface area contributed by atoms with E-state index in [-0.39, 0.29) is 0 Å². The second-order valence-electron chi connectivity index (χ2n) is 3.53. The number of nitrogens with zero attached hydrogens (tertiary/aromatic N) is 2. The molecule has 0 aliphatic heterocycles. The minimum Gasteiger partial charge on any atom is -0.267 e. The Labute approximate surface area is 108 Å². The highest BCUT2D eigenvalue weighted by atomic mass is 79.9. The molecule has 1 aromatic carbocycles. The zero-order valence-corrected chi connectivity index (χ0v) is 11.3. The Morgan fingerprint density at radius 1 is 1.31 bits per heavy atom. The maximum atomic E-state index is 5.74. The summed E-state index contributed by atoms with van der Waals surface area (Å²) in [5.41, 5.74) is 3.20. The van der Waals surface area contributed by atoms with E-state index >= 15 is 0 Å². The number of halogens is 2. The molecule has 0 fully saturated rings. The summed E-state index contributed by atoms with van der Waals surface area (Å²) in [7, 11) is 0. The molecule has 0 saturated carbocycles. The van der Waals surface area contributed by atoms with Gasteiger partial charge in [-0.05, 0) is 22.9 Å². The van der Waals surface area contributed by atoms with Crippen molar-refractivity contribution in [3.05, 3.63) is 40.5 Å². The fraction of sp³-hybridized carbons (Fsp3) is 0.250. The highest BCUT2D eigenvalue weighted by Gasteiger charge is 2.12. The van der Waals surface area contributed by atoms with E-state index in [2.05, 4.69) is 33.2 Å². The summed E-state index contributed by atoms with van der Waals surface area (Å²) in [5.74, 6) is 0.573. The van der Waals surface area contributed by atoms with Crippen molar-refractivity contribution in [3.8, 4) is 11.3 Å². The van der Waals surface area contributed by atoms with Gasteiger partial charge in [-0.25, -0.2) is 0 Å². The Bertz CT molecular complexity index is 479. The van der Waals surface area contributed by atoms with Gasteiger partial charge in [0.05, 0.1) is 16.7 Å². The van der Waals surface area contributed by atoms with Crippen LogP contribution in [0.2, 0.25) is 0 Å². The van der Waals surface area contributed by atoms with Gasteiger partial charge in [-0.3, -0.25) is 4.68 Å². The van der Waals surface area contributed by atoms with Crippen LogP contribution in [-0.4, -0.2) is 15.7 Å². The summed E-state index contributed by atoms with van der Waals surface area (Å²) in [4.78, 5) is 0. The summed E-state index contributed by atoms with van der Waals surface area (Å²) in [6.45, 7) is 2.77. The number of benzene rings is 1. The van der Waals surface area contributed by atoms with E-state index in [0.29, 0.717) is 5.88 Å². The molecule has 2 rings (SSSR count). The average Bonchev–Trinajstić information content (AvgIpc) is 2.59. The van der Waals surface area contributed by atoms with Crippen LogP contribution < -0.4 is 0 Å². The largest absolute Gasteiger partial charge is 0.267 e. The van der Waals surface area contributed by atoms with Gasteiger partial charge in [0.25, 0.3) is 0 Å². The minimum atomic E-state index is 0.573. The van der Waals surface area contributed by atoms with E-state index in [0.717, 1.165) is 28.0 Å². The quantitative estimate of drug-likeness (QED) is 0.787. The van der Waals surface area contributed by atoms with Crippen LogP contribution in [0.5, 0.6) is 0 Å². The Morgan fingerprint density at radius 3 is 2.62 bits per heavy atom. The van der Waals surface area contributed by atoms with E-state index in [1.54, 1.807) is 0 Å². The normalized spacial score (nSPS) is 10.7. The molecule has 4 heteroatoms. The molecule has 0 unspecified atom stereocenters. The SMILES string of the molecule is Cc1c(Br)c(-c2ccccc2)nn1CCCl. The minimum absolute atomic E-state index is 0.573. The Kier molecular flexibility index (Phi) is 3.66. The second kappa shape index (κ2) is 5.02. The zero-order chi connectivity index (χ0) is 11.5. The van der Waals surface area contributed by atoms with E-state index in [1.165, 1.54) is 0 Å². The lowest BCUT2D eigenvalue weighted by Crippen LogP contribution is -2.03. The standard InChI is InChI=1S/C12H12BrClN2/c1-9-11(13)12(15-16(9)8-7-14)10-5-3-2-4-6-10/h2-6H,7-8H2,1H3. The first-order valence-corrected chi connectivity index (χ1v) is 6.41. The van der Waals surface area contributed by atoms with Crippen molar-refractivity contribution in [2.75, 3.05) is 5.88 Å². The van der Waals surface area contributed by atoms with Crippen LogP contribution in [0, 0.1) is 6.92 Å². The summed E-state index contributed by atoms with van der Waals surface area (Å²) >= 11 is 9.32. The number of hydrogen-bond acceptors (Lipinski definition) is 1. The van der Waals surface area contributed by atoms with E-state index in [4.69, 9.17) is 11.6 Å². The van der Waals surface area contributed by atoms with Crippen molar-refractivity contribution < 1.29 is 0 Å². The molecule has 1 aromatic heterocycles. The first kappa shape index (κ1) is 11.7. The van der Waals surface area contributed by atoms with Gasteiger partial charge in [-0.1, -0.05) is 30.3 Å². The van der Waals surface area contributed by atoms with Gasteiger partial charge in [-0.15, -0.1) is 11.6 Å². The monoisotopic (exact) mass is 298 g/mol. The number of aryl methyl sites for hydroxylation is 1. The Balaban J connectivity index is 2.46. The molecular formula is C12H12BrClN2. The average molecular weight is 300 g/mol. The van der Waals surface area contributed by atoms with Gasteiger partial charge in [0.15, 0.2) is 0 Å². The number of aromatic nitrogens is 2. The molecule has 0 amide bonds. The zero-order valence-electron chi connectivity index (χ0n) is 8.95. The Morgan fingerprint density at radius 2 is 2.00 bits per heavy atom. The van der Waals surface area contributed by atoms with Crippen LogP contribution in [0.3, 0.4) is 0 Å². The molecule has 0 aliphatic carbocycles. The number of hydrogen-bond donors (Lipinski definition) is 0. The summed E-state index contributed by atoms with van der Waals surface area (Å²) in [5, 5.41) is 4.55. The fourth-order valence-corrected chi connectivity index (χ4v) is 2.28. The number of alkyl halides is 1. The highest BCUT2D eigenvalue weighted by Crippen LogP contribution is 2.29. The predicted molar refractivity (Wildman–Crippen MR) is 70.8 cm³/mol.